The molecule has 1 aromatic rings. The quantitative estimate of drug-likeness (QED) is 0.498. The van der Waals surface area contributed by atoms with Gasteiger partial charge in [0.15, 0.2) is 5.02 Å². The van der Waals surface area contributed by atoms with Crippen LogP contribution in [0.15, 0.2) is 12.1 Å². The monoisotopic (exact) mass is 273 g/mol. The first-order chi connectivity index (χ1) is 8.49. The molecular formula is C10H8ClNO6. The van der Waals surface area contributed by atoms with Crippen molar-refractivity contribution >= 4 is 23.3 Å². The Morgan fingerprint density at radius 3 is 2.83 bits per heavy atom. The highest BCUT2D eigenvalue weighted by Crippen LogP contribution is 2.35. The van der Waals surface area contributed by atoms with Crippen molar-refractivity contribution in [2.75, 3.05) is 13.2 Å². The molecule has 1 fully saturated rings. The van der Waals surface area contributed by atoms with E-state index in [1.54, 1.807) is 0 Å². The number of halogens is 1. The number of carboxylic acid groups (broad SMARTS) is 1. The summed E-state index contributed by atoms with van der Waals surface area (Å²) in [5.74, 6) is -1.32. The molecule has 1 aliphatic rings. The van der Waals surface area contributed by atoms with Crippen molar-refractivity contribution < 1.29 is 24.3 Å². The van der Waals surface area contributed by atoms with Gasteiger partial charge in [-0.1, -0.05) is 11.6 Å². The van der Waals surface area contributed by atoms with Gasteiger partial charge in [-0.15, -0.1) is 0 Å². The number of hydrogen-bond acceptors (Lipinski definition) is 5. The van der Waals surface area contributed by atoms with E-state index in [-0.39, 0.29) is 29.0 Å². The molecule has 18 heavy (non-hydrogen) atoms. The lowest BCUT2D eigenvalue weighted by atomic mass is 10.2. The number of nitro benzene ring substituents is 1. The Balaban J connectivity index is 2.34. The van der Waals surface area contributed by atoms with Gasteiger partial charge >= 0.3 is 5.97 Å². The predicted molar refractivity (Wildman–Crippen MR) is 60.3 cm³/mol. The smallest absolute Gasteiger partial charge is 0.336 e. The third kappa shape index (κ3) is 2.69. The lowest BCUT2D eigenvalue weighted by Crippen LogP contribution is -2.07. The first-order valence-corrected chi connectivity index (χ1v) is 5.32. The number of nitrogens with zero attached hydrogens (tertiary/aromatic N) is 1. The SMILES string of the molecule is O=C(O)c1cc(OC[C@H]2CO2)c(Cl)c([N+](=O)[O-])c1. The molecule has 0 radical (unpaired) electrons. The van der Waals surface area contributed by atoms with E-state index in [2.05, 4.69) is 0 Å². The highest BCUT2D eigenvalue weighted by Gasteiger charge is 2.26. The third-order valence-electron chi connectivity index (χ3n) is 2.29. The molecule has 1 aliphatic heterocycles. The topological polar surface area (TPSA) is 102 Å². The Bertz CT molecular complexity index is 513. The number of ether oxygens (including phenoxy) is 2. The van der Waals surface area contributed by atoms with E-state index >= 15 is 0 Å². The van der Waals surface area contributed by atoms with Crippen LogP contribution in [0.4, 0.5) is 5.69 Å². The molecule has 1 saturated heterocycles. The van der Waals surface area contributed by atoms with Crippen molar-refractivity contribution in [1.82, 2.24) is 0 Å². The van der Waals surface area contributed by atoms with Crippen LogP contribution >= 0.6 is 11.6 Å². The molecule has 0 spiro atoms. The summed E-state index contributed by atoms with van der Waals surface area (Å²) in [4.78, 5) is 20.8. The Morgan fingerprint density at radius 2 is 2.33 bits per heavy atom. The summed E-state index contributed by atoms with van der Waals surface area (Å²) < 4.78 is 10.1. The fourth-order valence-electron chi connectivity index (χ4n) is 1.29. The van der Waals surface area contributed by atoms with Crippen molar-refractivity contribution in [3.05, 3.63) is 32.8 Å². The number of aromatic carboxylic acids is 1. The van der Waals surface area contributed by atoms with Gasteiger partial charge in [-0.25, -0.2) is 4.79 Å². The molecule has 0 unspecified atom stereocenters. The molecule has 0 bridgehead atoms. The summed E-state index contributed by atoms with van der Waals surface area (Å²) in [5.41, 5.74) is -0.749. The average molecular weight is 274 g/mol. The first-order valence-electron chi connectivity index (χ1n) is 4.94. The Labute approximate surface area is 106 Å². The van der Waals surface area contributed by atoms with Crippen molar-refractivity contribution in [2.45, 2.75) is 6.10 Å². The molecule has 0 amide bonds. The van der Waals surface area contributed by atoms with Crippen molar-refractivity contribution in [1.29, 1.82) is 0 Å². The molecule has 7 nitrogen and oxygen atoms in total. The average Bonchev–Trinajstić information content (AvgIpc) is 3.10. The fraction of sp³-hybridized carbons (Fsp3) is 0.300. The normalized spacial score (nSPS) is 17.3. The Kier molecular flexibility index (Phi) is 3.35. The van der Waals surface area contributed by atoms with Crippen molar-refractivity contribution in [3.63, 3.8) is 0 Å². The minimum atomic E-state index is -1.29. The van der Waals surface area contributed by atoms with Crippen LogP contribution in [-0.4, -0.2) is 35.3 Å². The summed E-state index contributed by atoms with van der Waals surface area (Å²) in [5, 5.41) is 19.4. The molecule has 96 valence electrons. The second kappa shape index (κ2) is 4.79. The molecule has 0 aromatic heterocycles. The number of rotatable bonds is 5. The van der Waals surface area contributed by atoms with Gasteiger partial charge < -0.3 is 14.6 Å². The van der Waals surface area contributed by atoms with Gasteiger partial charge in [-0.3, -0.25) is 10.1 Å². The molecule has 1 heterocycles. The van der Waals surface area contributed by atoms with Crippen LogP contribution in [0.1, 0.15) is 10.4 Å². The Morgan fingerprint density at radius 1 is 1.67 bits per heavy atom. The summed E-state index contributed by atoms with van der Waals surface area (Å²) in [7, 11) is 0. The van der Waals surface area contributed by atoms with Crippen LogP contribution in [-0.2, 0) is 4.74 Å². The molecule has 1 N–H and O–H groups in total. The first kappa shape index (κ1) is 12.6. The van der Waals surface area contributed by atoms with E-state index < -0.39 is 16.6 Å². The molecule has 1 atom stereocenters. The molecule has 1 aromatic carbocycles. The maximum atomic E-state index is 10.8. The number of epoxide rings is 1. The van der Waals surface area contributed by atoms with E-state index in [1.807, 2.05) is 0 Å². The summed E-state index contributed by atoms with van der Waals surface area (Å²) in [6.07, 6.45) is -0.0615. The van der Waals surface area contributed by atoms with E-state index in [9.17, 15) is 14.9 Å². The van der Waals surface area contributed by atoms with Crippen LogP contribution in [0.25, 0.3) is 0 Å². The van der Waals surface area contributed by atoms with Crippen LogP contribution in [0.5, 0.6) is 5.75 Å². The zero-order valence-corrected chi connectivity index (χ0v) is 9.72. The minimum Gasteiger partial charge on any atom is -0.489 e. The predicted octanol–water partition coefficient (Wildman–Crippen LogP) is 1.72. The number of benzene rings is 1. The highest BCUT2D eigenvalue weighted by atomic mass is 35.5. The van der Waals surface area contributed by atoms with Crippen molar-refractivity contribution in [2.24, 2.45) is 0 Å². The van der Waals surface area contributed by atoms with Crippen molar-refractivity contribution in [3.8, 4) is 5.75 Å². The lowest BCUT2D eigenvalue weighted by Gasteiger charge is -2.08. The van der Waals surface area contributed by atoms with E-state index in [0.29, 0.717) is 6.61 Å². The van der Waals surface area contributed by atoms with Gasteiger partial charge in [-0.05, 0) is 6.07 Å². The fourth-order valence-corrected chi connectivity index (χ4v) is 1.52. The second-order valence-corrected chi connectivity index (χ2v) is 4.01. The van der Waals surface area contributed by atoms with Gasteiger partial charge in [0.05, 0.1) is 17.1 Å². The minimum absolute atomic E-state index is 0.0289. The number of carboxylic acids is 1. The van der Waals surface area contributed by atoms with Crippen LogP contribution in [0.3, 0.4) is 0 Å². The second-order valence-electron chi connectivity index (χ2n) is 3.64. The summed E-state index contributed by atoms with van der Waals surface area (Å²) in [6, 6.07) is 2.05. The molecule has 2 rings (SSSR count). The summed E-state index contributed by atoms with van der Waals surface area (Å²) in [6.45, 7) is 0.734. The van der Waals surface area contributed by atoms with Crippen LogP contribution in [0, 0.1) is 10.1 Å². The van der Waals surface area contributed by atoms with E-state index in [4.69, 9.17) is 26.2 Å². The highest BCUT2D eigenvalue weighted by molar-refractivity contribution is 6.34. The van der Waals surface area contributed by atoms with Gasteiger partial charge in [0.2, 0.25) is 0 Å². The third-order valence-corrected chi connectivity index (χ3v) is 2.67. The number of hydrogen-bond donors (Lipinski definition) is 1. The summed E-state index contributed by atoms with van der Waals surface area (Å²) >= 11 is 5.78. The van der Waals surface area contributed by atoms with Gasteiger partial charge in [0.25, 0.3) is 5.69 Å². The standard InChI is InChI=1S/C10H8ClNO6/c11-9-7(12(15)16)1-5(10(13)14)2-8(9)18-4-6-3-17-6/h1-2,6H,3-4H2,(H,13,14)/t6-/m1/s1. The Hall–Kier alpha value is -1.86. The van der Waals surface area contributed by atoms with Gasteiger partial charge in [0, 0.05) is 6.07 Å². The largest absolute Gasteiger partial charge is 0.489 e. The van der Waals surface area contributed by atoms with Gasteiger partial charge in [0.1, 0.15) is 18.5 Å². The molecule has 8 heteroatoms. The van der Waals surface area contributed by atoms with Crippen LogP contribution < -0.4 is 4.74 Å². The van der Waals surface area contributed by atoms with Gasteiger partial charge in [-0.2, -0.15) is 0 Å². The maximum Gasteiger partial charge on any atom is 0.336 e. The van der Waals surface area contributed by atoms with E-state index in [1.165, 1.54) is 0 Å². The zero-order valence-electron chi connectivity index (χ0n) is 8.96. The van der Waals surface area contributed by atoms with E-state index in [0.717, 1.165) is 12.1 Å². The molecule has 0 aliphatic carbocycles. The number of nitro groups is 1. The maximum absolute atomic E-state index is 10.8. The molecule has 0 saturated carbocycles. The molecular weight excluding hydrogens is 266 g/mol. The zero-order chi connectivity index (χ0) is 13.3. The van der Waals surface area contributed by atoms with Crippen LogP contribution in [0.2, 0.25) is 5.02 Å². The number of carbonyl (C=O) groups is 1. The lowest BCUT2D eigenvalue weighted by molar-refractivity contribution is -0.384.